The molecule has 0 atom stereocenters. The van der Waals surface area contributed by atoms with E-state index in [1.807, 2.05) is 6.07 Å². The van der Waals surface area contributed by atoms with Gasteiger partial charge in [0.15, 0.2) is 0 Å². The Morgan fingerprint density at radius 1 is 1.44 bits per heavy atom. The van der Waals surface area contributed by atoms with Crippen LogP contribution in [0.3, 0.4) is 0 Å². The Balaban J connectivity index is 2.59. The Kier molecular flexibility index (Phi) is 2.68. The third-order valence-corrected chi connectivity index (χ3v) is 2.33. The highest BCUT2D eigenvalue weighted by atomic mass is 16.2. The molecule has 2 aromatic rings. The fourth-order valence-electron chi connectivity index (χ4n) is 1.50. The predicted molar refractivity (Wildman–Crippen MR) is 60.1 cm³/mol. The van der Waals surface area contributed by atoms with Crippen LogP contribution in [0.1, 0.15) is 0 Å². The number of hydrogen-bond donors (Lipinski definition) is 1. The van der Waals surface area contributed by atoms with Gasteiger partial charge in [0.05, 0.1) is 11.7 Å². The summed E-state index contributed by atoms with van der Waals surface area (Å²) < 4.78 is 1.51. The summed E-state index contributed by atoms with van der Waals surface area (Å²) in [6.45, 7) is 0.108. The average molecular weight is 217 g/mol. The van der Waals surface area contributed by atoms with E-state index >= 15 is 0 Å². The summed E-state index contributed by atoms with van der Waals surface area (Å²) in [6, 6.07) is 7.09. The van der Waals surface area contributed by atoms with Gasteiger partial charge in [-0.25, -0.2) is 0 Å². The minimum absolute atomic E-state index is 0.108. The smallest absolute Gasteiger partial charge is 0.241 e. The zero-order chi connectivity index (χ0) is 11.5. The van der Waals surface area contributed by atoms with Crippen molar-refractivity contribution in [3.05, 3.63) is 40.7 Å². The van der Waals surface area contributed by atoms with Crippen molar-refractivity contribution in [3.8, 4) is 0 Å². The number of nitrogens with zero attached hydrogens (tertiary/aromatic N) is 2. The molecule has 0 radical (unpaired) electrons. The SMILES string of the molecule is CNC(=O)Cn1ncc(=O)c2ccccc21. The molecule has 2 rings (SSSR count). The lowest BCUT2D eigenvalue weighted by atomic mass is 10.2. The highest BCUT2D eigenvalue weighted by Crippen LogP contribution is 2.07. The molecule has 0 aliphatic heterocycles. The number of likely N-dealkylation sites (N-methyl/N-ethyl adjacent to an activating group) is 1. The molecule has 0 aliphatic rings. The molecule has 5 heteroatoms. The number of nitrogens with one attached hydrogen (secondary N) is 1. The molecule has 1 aromatic carbocycles. The second-order valence-corrected chi connectivity index (χ2v) is 3.36. The normalized spacial score (nSPS) is 10.3. The van der Waals surface area contributed by atoms with Gasteiger partial charge >= 0.3 is 0 Å². The van der Waals surface area contributed by atoms with Crippen molar-refractivity contribution in [1.82, 2.24) is 15.1 Å². The van der Waals surface area contributed by atoms with E-state index in [0.717, 1.165) is 0 Å². The van der Waals surface area contributed by atoms with E-state index in [1.54, 1.807) is 25.2 Å². The molecule has 0 fully saturated rings. The van der Waals surface area contributed by atoms with E-state index in [0.29, 0.717) is 10.9 Å². The number of amides is 1. The number of rotatable bonds is 2. The summed E-state index contributed by atoms with van der Waals surface area (Å²) in [5, 5.41) is 7.02. The highest BCUT2D eigenvalue weighted by molar-refractivity contribution is 5.81. The average Bonchev–Trinajstić information content (AvgIpc) is 2.33. The molecular weight excluding hydrogens is 206 g/mol. The van der Waals surface area contributed by atoms with Crippen LogP contribution in [0.4, 0.5) is 0 Å². The molecule has 82 valence electrons. The van der Waals surface area contributed by atoms with E-state index in [1.165, 1.54) is 10.9 Å². The maximum absolute atomic E-state index is 11.5. The van der Waals surface area contributed by atoms with Crippen LogP contribution in [0.15, 0.2) is 35.3 Å². The van der Waals surface area contributed by atoms with Gasteiger partial charge in [-0.05, 0) is 12.1 Å². The molecule has 0 bridgehead atoms. The monoisotopic (exact) mass is 217 g/mol. The largest absolute Gasteiger partial charge is 0.358 e. The Morgan fingerprint density at radius 3 is 2.94 bits per heavy atom. The highest BCUT2D eigenvalue weighted by Gasteiger charge is 2.05. The predicted octanol–water partition coefficient (Wildman–Crippen LogP) is 0.142. The van der Waals surface area contributed by atoms with Gasteiger partial charge < -0.3 is 5.32 Å². The van der Waals surface area contributed by atoms with Crippen molar-refractivity contribution in [2.24, 2.45) is 0 Å². The van der Waals surface area contributed by atoms with Gasteiger partial charge in [0.1, 0.15) is 6.54 Å². The maximum Gasteiger partial charge on any atom is 0.241 e. The van der Waals surface area contributed by atoms with Gasteiger partial charge in [-0.1, -0.05) is 12.1 Å². The fraction of sp³-hybridized carbons (Fsp3) is 0.182. The first-order chi connectivity index (χ1) is 7.72. The minimum Gasteiger partial charge on any atom is -0.358 e. The number of aromatic nitrogens is 2. The number of carbonyl (C=O) groups excluding carboxylic acids is 1. The third-order valence-electron chi connectivity index (χ3n) is 2.33. The van der Waals surface area contributed by atoms with Crippen LogP contribution in [0, 0.1) is 0 Å². The molecular formula is C11H11N3O2. The van der Waals surface area contributed by atoms with Crippen LogP contribution < -0.4 is 10.7 Å². The Morgan fingerprint density at radius 2 is 2.19 bits per heavy atom. The van der Waals surface area contributed by atoms with Gasteiger partial charge in [-0.3, -0.25) is 14.3 Å². The van der Waals surface area contributed by atoms with Crippen molar-refractivity contribution >= 4 is 16.8 Å². The van der Waals surface area contributed by atoms with Crippen molar-refractivity contribution in [2.45, 2.75) is 6.54 Å². The lowest BCUT2D eigenvalue weighted by molar-refractivity contribution is -0.121. The molecule has 0 spiro atoms. The van der Waals surface area contributed by atoms with Crippen molar-refractivity contribution in [3.63, 3.8) is 0 Å². The van der Waals surface area contributed by atoms with Crippen LogP contribution in [0.25, 0.3) is 10.9 Å². The van der Waals surface area contributed by atoms with Gasteiger partial charge in [-0.15, -0.1) is 0 Å². The molecule has 1 N–H and O–H groups in total. The van der Waals surface area contributed by atoms with E-state index in [4.69, 9.17) is 0 Å². The first-order valence-electron chi connectivity index (χ1n) is 4.88. The molecule has 0 aliphatic carbocycles. The molecule has 16 heavy (non-hydrogen) atoms. The number of hydrogen-bond acceptors (Lipinski definition) is 3. The van der Waals surface area contributed by atoms with Gasteiger partial charge in [0.25, 0.3) is 0 Å². The molecule has 5 nitrogen and oxygen atoms in total. The van der Waals surface area contributed by atoms with Crippen molar-refractivity contribution in [1.29, 1.82) is 0 Å². The van der Waals surface area contributed by atoms with Crippen LogP contribution in [-0.4, -0.2) is 22.7 Å². The Labute approximate surface area is 91.7 Å². The molecule has 1 amide bonds. The second kappa shape index (κ2) is 4.14. The van der Waals surface area contributed by atoms with E-state index in [9.17, 15) is 9.59 Å². The molecule has 0 saturated heterocycles. The fourth-order valence-corrected chi connectivity index (χ4v) is 1.50. The minimum atomic E-state index is -0.152. The summed E-state index contributed by atoms with van der Waals surface area (Å²) in [4.78, 5) is 22.8. The first-order valence-corrected chi connectivity index (χ1v) is 4.88. The van der Waals surface area contributed by atoms with Crippen molar-refractivity contribution in [2.75, 3.05) is 7.05 Å². The van der Waals surface area contributed by atoms with Crippen molar-refractivity contribution < 1.29 is 4.79 Å². The molecule has 0 unspecified atom stereocenters. The van der Waals surface area contributed by atoms with E-state index in [2.05, 4.69) is 10.4 Å². The van der Waals surface area contributed by atoms with E-state index in [-0.39, 0.29) is 17.9 Å². The lowest BCUT2D eigenvalue weighted by Crippen LogP contribution is -2.25. The van der Waals surface area contributed by atoms with Gasteiger partial charge in [0, 0.05) is 12.4 Å². The molecule has 0 saturated carbocycles. The summed E-state index contributed by atoms with van der Waals surface area (Å²) in [5.74, 6) is -0.152. The standard InChI is InChI=1S/C11H11N3O2/c1-12-11(16)7-14-9-5-3-2-4-8(9)10(15)6-13-14/h2-6H,7H2,1H3,(H,12,16). The summed E-state index contributed by atoms with van der Waals surface area (Å²) >= 11 is 0. The zero-order valence-corrected chi connectivity index (χ0v) is 8.80. The lowest BCUT2D eigenvalue weighted by Gasteiger charge is -2.07. The van der Waals surface area contributed by atoms with Crippen LogP contribution in [0.2, 0.25) is 0 Å². The van der Waals surface area contributed by atoms with Crippen LogP contribution >= 0.6 is 0 Å². The zero-order valence-electron chi connectivity index (χ0n) is 8.80. The Bertz CT molecular complexity index is 589. The van der Waals surface area contributed by atoms with Crippen LogP contribution in [-0.2, 0) is 11.3 Å². The van der Waals surface area contributed by atoms with E-state index < -0.39 is 0 Å². The number of benzene rings is 1. The topological polar surface area (TPSA) is 64.0 Å². The number of para-hydroxylation sites is 1. The first kappa shape index (κ1) is 10.4. The second-order valence-electron chi connectivity index (χ2n) is 3.36. The van der Waals surface area contributed by atoms with Gasteiger partial charge in [-0.2, -0.15) is 5.10 Å². The number of fused-ring (bicyclic) bond motifs is 1. The summed E-state index contributed by atoms with van der Waals surface area (Å²) in [5.41, 5.74) is 0.530. The third kappa shape index (κ3) is 1.79. The Hall–Kier alpha value is -2.17. The van der Waals surface area contributed by atoms with Gasteiger partial charge in [0.2, 0.25) is 11.3 Å². The maximum atomic E-state index is 11.5. The summed E-state index contributed by atoms with van der Waals surface area (Å²) in [7, 11) is 1.56. The molecule has 1 aromatic heterocycles. The summed E-state index contributed by atoms with van der Waals surface area (Å²) in [6.07, 6.45) is 1.23. The van der Waals surface area contributed by atoms with Crippen LogP contribution in [0.5, 0.6) is 0 Å². The molecule has 1 heterocycles. The number of carbonyl (C=O) groups is 1. The quantitative estimate of drug-likeness (QED) is 0.778.